The highest BCUT2D eigenvalue weighted by Gasteiger charge is 2.46. The van der Waals surface area contributed by atoms with Gasteiger partial charge in [0.05, 0.1) is 16.8 Å². The van der Waals surface area contributed by atoms with Gasteiger partial charge in [0.15, 0.2) is 0 Å². The van der Waals surface area contributed by atoms with Crippen molar-refractivity contribution in [1.29, 1.82) is 0 Å². The van der Waals surface area contributed by atoms with Crippen LogP contribution in [-0.4, -0.2) is 0 Å². The molecule has 6 aromatic carbocycles. The van der Waals surface area contributed by atoms with Crippen molar-refractivity contribution in [3.05, 3.63) is 185 Å². The first-order valence-electron chi connectivity index (χ1n) is 15.0. The van der Waals surface area contributed by atoms with Gasteiger partial charge in [-0.25, -0.2) is 0 Å². The van der Waals surface area contributed by atoms with Crippen molar-refractivity contribution in [2.45, 2.75) is 41.4 Å². The molecule has 2 aliphatic rings. The van der Waals surface area contributed by atoms with Crippen LogP contribution in [0, 0.1) is 6.92 Å². The highest BCUT2D eigenvalue weighted by Crippen LogP contribution is 2.58. The average Bonchev–Trinajstić information content (AvgIpc) is 3.05. The molecule has 43 heavy (non-hydrogen) atoms. The van der Waals surface area contributed by atoms with E-state index >= 15 is 0 Å². The number of anilines is 3. The van der Waals surface area contributed by atoms with Gasteiger partial charge < -0.3 is 4.90 Å². The molecule has 0 spiro atoms. The van der Waals surface area contributed by atoms with Gasteiger partial charge in [0.25, 0.3) is 0 Å². The summed E-state index contributed by atoms with van der Waals surface area (Å²) in [6.45, 7) is 6.94. The third-order valence-corrected chi connectivity index (χ3v) is 10.6. The Bertz CT molecular complexity index is 1940. The van der Waals surface area contributed by atoms with Crippen molar-refractivity contribution in [2.75, 3.05) is 4.90 Å². The number of para-hydroxylation sites is 2. The number of benzene rings is 6. The Hall–Kier alpha value is -4.53. The van der Waals surface area contributed by atoms with Crippen molar-refractivity contribution < 1.29 is 0 Å². The van der Waals surface area contributed by atoms with E-state index in [4.69, 9.17) is 0 Å². The highest BCUT2D eigenvalue weighted by atomic mass is 32.2. The monoisotopic (exact) mass is 571 g/mol. The largest absolute Gasteiger partial charge is 0.310 e. The van der Waals surface area contributed by atoms with Crippen LogP contribution < -0.4 is 4.90 Å². The molecule has 0 aromatic heterocycles. The van der Waals surface area contributed by atoms with Gasteiger partial charge >= 0.3 is 0 Å². The summed E-state index contributed by atoms with van der Waals surface area (Å²) in [5.41, 5.74) is 12.3. The number of fused-ring (bicyclic) bond motifs is 4. The van der Waals surface area contributed by atoms with Crippen LogP contribution in [0.2, 0.25) is 0 Å². The fraction of sp³-hybridized carbons (Fsp3) is 0.122. The number of hydrogen-bond donors (Lipinski definition) is 0. The Morgan fingerprint density at radius 3 is 1.70 bits per heavy atom. The molecule has 0 aliphatic carbocycles. The molecular formula is C41H33NS. The van der Waals surface area contributed by atoms with Crippen LogP contribution in [0.5, 0.6) is 0 Å². The first-order chi connectivity index (χ1) is 21.0. The first kappa shape index (κ1) is 26.1. The number of hydrogen-bond acceptors (Lipinski definition) is 2. The summed E-state index contributed by atoms with van der Waals surface area (Å²) >= 11 is 1.89. The molecule has 0 fully saturated rings. The Balaban J connectivity index is 1.47. The maximum Gasteiger partial charge on any atom is 0.0723 e. The fourth-order valence-corrected chi connectivity index (χ4v) is 8.57. The lowest BCUT2D eigenvalue weighted by molar-refractivity contribution is 0.625. The van der Waals surface area contributed by atoms with Gasteiger partial charge in [-0.05, 0) is 76.7 Å². The van der Waals surface area contributed by atoms with Crippen LogP contribution in [0.25, 0.3) is 0 Å². The van der Waals surface area contributed by atoms with Crippen LogP contribution in [-0.2, 0) is 10.8 Å². The third-order valence-electron chi connectivity index (χ3n) is 9.46. The van der Waals surface area contributed by atoms with Gasteiger partial charge in [0, 0.05) is 20.9 Å². The van der Waals surface area contributed by atoms with Gasteiger partial charge in [-0.15, -0.1) is 0 Å². The Labute approximate surface area is 258 Å². The standard InChI is InChI=1S/C41H33NS/c1-28-21-23-29(24-22-28)41(33-16-8-11-19-38(33)43-39-20-12-9-17-34(39)41)30-25-26-37-35(27-30)40(2,3)32-15-7-10-18-36(32)42(37)31-13-5-4-6-14-31/h4-27H,1-3H3. The van der Waals surface area contributed by atoms with E-state index in [-0.39, 0.29) is 5.41 Å². The van der Waals surface area contributed by atoms with Crippen LogP contribution in [0.15, 0.2) is 155 Å². The van der Waals surface area contributed by atoms with Crippen molar-refractivity contribution in [1.82, 2.24) is 0 Å². The second-order valence-corrected chi connectivity index (χ2v) is 13.3. The van der Waals surface area contributed by atoms with E-state index in [0.717, 1.165) is 0 Å². The molecule has 0 saturated carbocycles. The van der Waals surface area contributed by atoms with E-state index in [1.54, 1.807) is 0 Å². The van der Waals surface area contributed by atoms with Crippen LogP contribution in [0.3, 0.4) is 0 Å². The molecule has 2 heteroatoms. The van der Waals surface area contributed by atoms with Crippen molar-refractivity contribution in [3.8, 4) is 0 Å². The van der Waals surface area contributed by atoms with Crippen LogP contribution in [0.4, 0.5) is 17.1 Å². The van der Waals surface area contributed by atoms with E-state index in [9.17, 15) is 0 Å². The maximum atomic E-state index is 2.52. The molecule has 8 rings (SSSR count). The molecule has 0 unspecified atom stereocenters. The van der Waals surface area contributed by atoms with E-state index < -0.39 is 5.41 Å². The topological polar surface area (TPSA) is 3.24 Å². The molecule has 0 N–H and O–H groups in total. The summed E-state index contributed by atoms with van der Waals surface area (Å²) < 4.78 is 0. The minimum Gasteiger partial charge on any atom is -0.310 e. The summed E-state index contributed by atoms with van der Waals surface area (Å²) in [7, 11) is 0. The molecule has 0 radical (unpaired) electrons. The molecule has 1 nitrogen and oxygen atoms in total. The molecule has 2 heterocycles. The molecule has 0 atom stereocenters. The normalized spacial score (nSPS) is 15.6. The number of aryl methyl sites for hydroxylation is 1. The summed E-state index contributed by atoms with van der Waals surface area (Å²) in [5, 5.41) is 0. The minimum absolute atomic E-state index is 0.190. The minimum atomic E-state index is -0.453. The third kappa shape index (κ3) is 3.79. The number of rotatable bonds is 3. The second-order valence-electron chi connectivity index (χ2n) is 12.3. The van der Waals surface area contributed by atoms with E-state index in [2.05, 4.69) is 171 Å². The first-order valence-corrected chi connectivity index (χ1v) is 15.8. The smallest absolute Gasteiger partial charge is 0.0723 e. The Morgan fingerprint density at radius 2 is 1.02 bits per heavy atom. The zero-order valence-corrected chi connectivity index (χ0v) is 25.5. The van der Waals surface area contributed by atoms with Gasteiger partial charge in [-0.3, -0.25) is 0 Å². The lowest BCUT2D eigenvalue weighted by atomic mass is 9.63. The van der Waals surface area contributed by atoms with E-state index in [1.165, 1.54) is 65.8 Å². The lowest BCUT2D eigenvalue weighted by Crippen LogP contribution is -2.36. The zero-order chi connectivity index (χ0) is 29.2. The second kappa shape index (κ2) is 9.76. The van der Waals surface area contributed by atoms with E-state index in [0.29, 0.717) is 0 Å². The predicted octanol–water partition coefficient (Wildman–Crippen LogP) is 11.0. The quantitative estimate of drug-likeness (QED) is 0.207. The fourth-order valence-electron chi connectivity index (χ4n) is 7.38. The molecular weight excluding hydrogens is 539 g/mol. The SMILES string of the molecule is Cc1ccc(C2(c3ccc4c(c3)C(C)(C)c3ccccc3N4c3ccccc3)c3ccccc3Sc3ccccc32)cc1. The maximum absolute atomic E-state index is 2.52. The average molecular weight is 572 g/mol. The van der Waals surface area contributed by atoms with Gasteiger partial charge in [-0.2, -0.15) is 0 Å². The molecule has 0 bridgehead atoms. The summed E-state index contributed by atoms with van der Waals surface area (Å²) in [6, 6.07) is 54.2. The van der Waals surface area contributed by atoms with Gasteiger partial charge in [0.1, 0.15) is 0 Å². The summed E-state index contributed by atoms with van der Waals surface area (Å²) in [5.74, 6) is 0. The Morgan fingerprint density at radius 1 is 0.488 bits per heavy atom. The van der Waals surface area contributed by atoms with Gasteiger partial charge in [0.2, 0.25) is 0 Å². The van der Waals surface area contributed by atoms with Crippen molar-refractivity contribution in [2.24, 2.45) is 0 Å². The highest BCUT2D eigenvalue weighted by molar-refractivity contribution is 7.99. The lowest BCUT2D eigenvalue weighted by Gasteiger charge is -2.45. The summed E-state index contributed by atoms with van der Waals surface area (Å²) in [6.07, 6.45) is 0. The zero-order valence-electron chi connectivity index (χ0n) is 24.7. The van der Waals surface area contributed by atoms with Gasteiger partial charge in [-0.1, -0.05) is 140 Å². The predicted molar refractivity (Wildman–Crippen MR) is 180 cm³/mol. The number of nitrogens with zero attached hydrogens (tertiary/aromatic N) is 1. The van der Waals surface area contributed by atoms with Crippen molar-refractivity contribution in [3.63, 3.8) is 0 Å². The molecule has 2 aliphatic heterocycles. The van der Waals surface area contributed by atoms with E-state index in [1.807, 2.05) is 11.8 Å². The molecule has 208 valence electrons. The molecule has 6 aromatic rings. The summed E-state index contributed by atoms with van der Waals surface area (Å²) in [4.78, 5) is 5.07. The molecule has 0 amide bonds. The molecule has 0 saturated heterocycles. The van der Waals surface area contributed by atoms with Crippen LogP contribution >= 0.6 is 11.8 Å². The van der Waals surface area contributed by atoms with Crippen molar-refractivity contribution >= 4 is 28.8 Å². The van der Waals surface area contributed by atoms with Crippen LogP contribution in [0.1, 0.15) is 52.8 Å². The Kier molecular flexibility index (Phi) is 5.93.